The Bertz CT molecular complexity index is 500. The van der Waals surface area contributed by atoms with Crippen molar-refractivity contribution in [2.24, 2.45) is 0 Å². The monoisotopic (exact) mass is 200 g/mol. The summed E-state index contributed by atoms with van der Waals surface area (Å²) < 4.78 is 0. The summed E-state index contributed by atoms with van der Waals surface area (Å²) in [6.45, 7) is 1.25. The SMILES string of the molecule is OC1(c2ccnc3ccccc23)CNC1. The molecule has 1 aromatic carbocycles. The third kappa shape index (κ3) is 1.24. The smallest absolute Gasteiger partial charge is 0.115 e. The molecule has 1 saturated heterocycles. The van der Waals surface area contributed by atoms with Gasteiger partial charge in [0, 0.05) is 24.7 Å². The molecule has 2 aromatic rings. The highest BCUT2D eigenvalue weighted by Gasteiger charge is 2.37. The van der Waals surface area contributed by atoms with E-state index in [9.17, 15) is 5.11 Å². The number of fused-ring (bicyclic) bond motifs is 1. The number of β-amino-alcohol motifs (C(OH)–C–C–N with tert-alkyl or cyclic N) is 1. The van der Waals surface area contributed by atoms with Crippen molar-refractivity contribution in [1.82, 2.24) is 10.3 Å². The van der Waals surface area contributed by atoms with E-state index in [2.05, 4.69) is 10.3 Å². The number of hydrogen-bond donors (Lipinski definition) is 2. The fourth-order valence-electron chi connectivity index (χ4n) is 2.05. The molecule has 0 spiro atoms. The van der Waals surface area contributed by atoms with Crippen molar-refractivity contribution in [3.05, 3.63) is 42.1 Å². The molecule has 0 bridgehead atoms. The molecule has 15 heavy (non-hydrogen) atoms. The number of pyridine rings is 1. The molecule has 0 radical (unpaired) electrons. The van der Waals surface area contributed by atoms with Crippen LogP contribution >= 0.6 is 0 Å². The summed E-state index contributed by atoms with van der Waals surface area (Å²) in [6.07, 6.45) is 1.76. The molecule has 76 valence electrons. The summed E-state index contributed by atoms with van der Waals surface area (Å²) in [5, 5.41) is 14.4. The lowest BCUT2D eigenvalue weighted by molar-refractivity contribution is -0.0133. The van der Waals surface area contributed by atoms with E-state index in [1.165, 1.54) is 0 Å². The van der Waals surface area contributed by atoms with Crippen molar-refractivity contribution < 1.29 is 5.11 Å². The van der Waals surface area contributed by atoms with Gasteiger partial charge in [0.15, 0.2) is 0 Å². The second kappa shape index (κ2) is 3.02. The highest BCUT2D eigenvalue weighted by atomic mass is 16.3. The van der Waals surface area contributed by atoms with Gasteiger partial charge in [-0.25, -0.2) is 0 Å². The summed E-state index contributed by atoms with van der Waals surface area (Å²) in [7, 11) is 0. The van der Waals surface area contributed by atoms with Gasteiger partial charge < -0.3 is 10.4 Å². The van der Waals surface area contributed by atoms with Crippen LogP contribution in [0.1, 0.15) is 5.56 Å². The first-order chi connectivity index (χ1) is 7.30. The minimum atomic E-state index is -0.706. The molecule has 1 aliphatic rings. The number of aromatic nitrogens is 1. The summed E-state index contributed by atoms with van der Waals surface area (Å²) >= 11 is 0. The first-order valence-electron chi connectivity index (χ1n) is 5.07. The van der Waals surface area contributed by atoms with E-state index < -0.39 is 5.60 Å². The van der Waals surface area contributed by atoms with Crippen LogP contribution in [0.15, 0.2) is 36.5 Å². The number of rotatable bonds is 1. The maximum atomic E-state index is 10.3. The topological polar surface area (TPSA) is 45.2 Å². The van der Waals surface area contributed by atoms with Gasteiger partial charge >= 0.3 is 0 Å². The van der Waals surface area contributed by atoms with Crippen LogP contribution in [-0.2, 0) is 5.60 Å². The molecule has 0 atom stereocenters. The lowest BCUT2D eigenvalue weighted by atomic mass is 9.86. The average molecular weight is 200 g/mol. The van der Waals surface area contributed by atoms with E-state index in [1.54, 1.807) is 6.20 Å². The van der Waals surface area contributed by atoms with E-state index >= 15 is 0 Å². The zero-order valence-electron chi connectivity index (χ0n) is 8.27. The van der Waals surface area contributed by atoms with Crippen LogP contribution in [0.3, 0.4) is 0 Å². The average Bonchev–Trinajstić information content (AvgIpc) is 2.25. The largest absolute Gasteiger partial charge is 0.382 e. The number of hydrogen-bond acceptors (Lipinski definition) is 3. The highest BCUT2D eigenvalue weighted by Crippen LogP contribution is 2.30. The maximum Gasteiger partial charge on any atom is 0.115 e. The van der Waals surface area contributed by atoms with Crippen molar-refractivity contribution >= 4 is 10.9 Å². The Labute approximate surface area is 87.8 Å². The van der Waals surface area contributed by atoms with E-state index in [0.29, 0.717) is 13.1 Å². The van der Waals surface area contributed by atoms with Gasteiger partial charge in [0.05, 0.1) is 5.52 Å². The Morgan fingerprint density at radius 2 is 2.00 bits per heavy atom. The molecule has 0 saturated carbocycles. The van der Waals surface area contributed by atoms with Crippen LogP contribution in [0.25, 0.3) is 10.9 Å². The Hall–Kier alpha value is -1.45. The van der Waals surface area contributed by atoms with E-state index in [4.69, 9.17) is 0 Å². The first-order valence-corrected chi connectivity index (χ1v) is 5.07. The maximum absolute atomic E-state index is 10.3. The van der Waals surface area contributed by atoms with Crippen molar-refractivity contribution in [3.63, 3.8) is 0 Å². The molecule has 1 fully saturated rings. The number of nitrogens with zero attached hydrogens (tertiary/aromatic N) is 1. The summed E-state index contributed by atoms with van der Waals surface area (Å²) in [5.74, 6) is 0. The molecule has 1 aliphatic heterocycles. The summed E-state index contributed by atoms with van der Waals surface area (Å²) in [4.78, 5) is 4.28. The van der Waals surface area contributed by atoms with Crippen LogP contribution < -0.4 is 5.32 Å². The second-order valence-electron chi connectivity index (χ2n) is 4.01. The van der Waals surface area contributed by atoms with Gasteiger partial charge in [0.25, 0.3) is 0 Å². The number of benzene rings is 1. The Balaban J connectivity index is 2.26. The van der Waals surface area contributed by atoms with Crippen LogP contribution in [-0.4, -0.2) is 23.2 Å². The zero-order valence-corrected chi connectivity index (χ0v) is 8.27. The molecule has 2 heterocycles. The lowest BCUT2D eigenvalue weighted by Crippen LogP contribution is -2.56. The van der Waals surface area contributed by atoms with Gasteiger partial charge in [-0.05, 0) is 17.7 Å². The number of aliphatic hydroxyl groups is 1. The van der Waals surface area contributed by atoms with Crippen molar-refractivity contribution in [2.45, 2.75) is 5.60 Å². The molecule has 0 amide bonds. The third-order valence-electron chi connectivity index (χ3n) is 2.99. The van der Waals surface area contributed by atoms with Gasteiger partial charge in [-0.1, -0.05) is 18.2 Å². The van der Waals surface area contributed by atoms with Crippen LogP contribution in [0.5, 0.6) is 0 Å². The van der Waals surface area contributed by atoms with Gasteiger partial charge in [-0.15, -0.1) is 0 Å². The van der Waals surface area contributed by atoms with Crippen LogP contribution in [0, 0.1) is 0 Å². The summed E-state index contributed by atoms with van der Waals surface area (Å²) in [5.41, 5.74) is 1.21. The predicted molar refractivity (Wildman–Crippen MR) is 58.5 cm³/mol. The molecule has 0 aliphatic carbocycles. The van der Waals surface area contributed by atoms with E-state index in [-0.39, 0.29) is 0 Å². The van der Waals surface area contributed by atoms with Crippen LogP contribution in [0.4, 0.5) is 0 Å². The fourth-order valence-corrected chi connectivity index (χ4v) is 2.05. The van der Waals surface area contributed by atoms with Crippen molar-refractivity contribution in [2.75, 3.05) is 13.1 Å². The van der Waals surface area contributed by atoms with Crippen molar-refractivity contribution in [1.29, 1.82) is 0 Å². The summed E-state index contributed by atoms with van der Waals surface area (Å²) in [6, 6.07) is 9.82. The van der Waals surface area contributed by atoms with Gasteiger partial charge in [-0.2, -0.15) is 0 Å². The molecular formula is C12H12N2O. The molecule has 0 unspecified atom stereocenters. The standard InChI is InChI=1S/C12H12N2O/c15-12(7-13-8-12)10-5-6-14-11-4-2-1-3-9(10)11/h1-6,13,15H,7-8H2. The minimum Gasteiger partial charge on any atom is -0.382 e. The van der Waals surface area contributed by atoms with Gasteiger partial charge in [0.1, 0.15) is 5.60 Å². The second-order valence-corrected chi connectivity index (χ2v) is 4.01. The number of nitrogens with one attached hydrogen (secondary N) is 1. The zero-order chi connectivity index (χ0) is 10.3. The fraction of sp³-hybridized carbons (Fsp3) is 0.250. The lowest BCUT2D eigenvalue weighted by Gasteiger charge is -2.38. The molecule has 1 aromatic heterocycles. The van der Waals surface area contributed by atoms with Gasteiger partial charge in [0.2, 0.25) is 0 Å². The van der Waals surface area contributed by atoms with Crippen molar-refractivity contribution in [3.8, 4) is 0 Å². The molecule has 3 nitrogen and oxygen atoms in total. The van der Waals surface area contributed by atoms with E-state index in [0.717, 1.165) is 16.5 Å². The Morgan fingerprint density at radius 1 is 1.20 bits per heavy atom. The van der Waals surface area contributed by atoms with E-state index in [1.807, 2.05) is 30.3 Å². The Morgan fingerprint density at radius 3 is 2.73 bits per heavy atom. The quantitative estimate of drug-likeness (QED) is 0.722. The normalized spacial score (nSPS) is 18.7. The molecule has 3 heteroatoms. The predicted octanol–water partition coefficient (Wildman–Crippen LogP) is 1.03. The highest BCUT2D eigenvalue weighted by molar-refractivity contribution is 5.83. The third-order valence-corrected chi connectivity index (χ3v) is 2.99. The van der Waals surface area contributed by atoms with Gasteiger partial charge in [-0.3, -0.25) is 4.98 Å². The van der Waals surface area contributed by atoms with Crippen LogP contribution in [0.2, 0.25) is 0 Å². The molecule has 2 N–H and O–H groups in total. The number of para-hydroxylation sites is 1. The molecule has 3 rings (SSSR count). The Kier molecular flexibility index (Phi) is 1.78. The molecular weight excluding hydrogens is 188 g/mol. The first kappa shape index (κ1) is 8.83. The minimum absolute atomic E-state index is 0.626.